The average Bonchev–Trinajstić information content (AvgIpc) is 3.25. The molecule has 26 heavy (non-hydrogen) atoms. The number of carbonyl (C=O) groups excluding carboxylic acids is 2. The first-order valence-electron chi connectivity index (χ1n) is 9.25. The Morgan fingerprint density at radius 2 is 1.58 bits per heavy atom. The van der Waals surface area contributed by atoms with Crippen molar-refractivity contribution in [2.75, 3.05) is 26.2 Å². The van der Waals surface area contributed by atoms with Crippen LogP contribution in [-0.4, -0.2) is 42.8 Å². The van der Waals surface area contributed by atoms with E-state index in [0.717, 1.165) is 37.3 Å². The molecule has 0 spiro atoms. The van der Waals surface area contributed by atoms with Crippen molar-refractivity contribution in [1.82, 2.24) is 10.2 Å². The Labute approximate surface area is 154 Å². The highest BCUT2D eigenvalue weighted by atomic mass is 16.2. The van der Waals surface area contributed by atoms with Crippen LogP contribution in [0.3, 0.4) is 0 Å². The van der Waals surface area contributed by atoms with E-state index in [1.165, 1.54) is 0 Å². The second-order valence-corrected chi connectivity index (χ2v) is 7.56. The molecular weight excluding hydrogens is 324 g/mol. The molecule has 2 fully saturated rings. The Bertz CT molecular complexity index is 862. The molecule has 0 unspecified atom stereocenters. The first kappa shape index (κ1) is 17.0. The summed E-state index contributed by atoms with van der Waals surface area (Å²) in [6.07, 6.45) is 0. The molecule has 0 bridgehead atoms. The molecule has 134 valence electrons. The average molecular weight is 348 g/mol. The lowest BCUT2D eigenvalue weighted by Gasteiger charge is -2.19. The minimum atomic E-state index is -0.0851. The minimum Gasteiger partial charge on any atom is -0.338 e. The van der Waals surface area contributed by atoms with E-state index in [0.29, 0.717) is 28.5 Å². The molecule has 4 rings (SSSR count). The van der Waals surface area contributed by atoms with E-state index >= 15 is 0 Å². The Kier molecular flexibility index (Phi) is 4.37. The molecule has 1 amide bonds. The molecule has 2 aromatic rings. The molecule has 0 saturated carbocycles. The SMILES string of the molecule is Cc1ccc(C(=O)c2ccccc2C(=O)N2C[C@H]3CNC[C@H]3C2)cc1C. The van der Waals surface area contributed by atoms with Crippen molar-refractivity contribution < 1.29 is 9.59 Å². The molecule has 0 aliphatic carbocycles. The highest BCUT2D eigenvalue weighted by Crippen LogP contribution is 2.28. The van der Waals surface area contributed by atoms with Crippen LogP contribution in [0.25, 0.3) is 0 Å². The number of hydrogen-bond donors (Lipinski definition) is 1. The fraction of sp³-hybridized carbons (Fsp3) is 0.364. The number of fused-ring (bicyclic) bond motifs is 1. The third-order valence-electron chi connectivity index (χ3n) is 5.85. The number of nitrogens with one attached hydrogen (secondary N) is 1. The van der Waals surface area contributed by atoms with Gasteiger partial charge in [0.15, 0.2) is 5.78 Å². The van der Waals surface area contributed by atoms with Gasteiger partial charge in [-0.3, -0.25) is 9.59 Å². The van der Waals surface area contributed by atoms with Gasteiger partial charge < -0.3 is 10.2 Å². The Hall–Kier alpha value is -2.46. The number of rotatable bonds is 3. The van der Waals surface area contributed by atoms with Crippen molar-refractivity contribution in [3.8, 4) is 0 Å². The van der Waals surface area contributed by atoms with Crippen molar-refractivity contribution in [1.29, 1.82) is 0 Å². The van der Waals surface area contributed by atoms with Gasteiger partial charge in [0.05, 0.1) is 5.56 Å². The third kappa shape index (κ3) is 2.95. The second kappa shape index (κ2) is 6.69. The summed E-state index contributed by atoms with van der Waals surface area (Å²) in [5, 5.41) is 3.39. The van der Waals surface area contributed by atoms with Crippen molar-refractivity contribution in [2.45, 2.75) is 13.8 Å². The largest absolute Gasteiger partial charge is 0.338 e. The summed E-state index contributed by atoms with van der Waals surface area (Å²) < 4.78 is 0. The topological polar surface area (TPSA) is 49.4 Å². The normalized spacial score (nSPS) is 21.7. The maximum atomic E-state index is 13.1. The van der Waals surface area contributed by atoms with Crippen LogP contribution in [0.5, 0.6) is 0 Å². The molecule has 2 aliphatic heterocycles. The predicted octanol–water partition coefficient (Wildman–Crippen LogP) is 2.83. The Morgan fingerprint density at radius 3 is 2.23 bits per heavy atom. The maximum Gasteiger partial charge on any atom is 0.254 e. The smallest absolute Gasteiger partial charge is 0.254 e. The van der Waals surface area contributed by atoms with Gasteiger partial charge in [0.1, 0.15) is 0 Å². The Balaban J connectivity index is 1.63. The number of amides is 1. The number of carbonyl (C=O) groups is 2. The molecule has 4 heteroatoms. The maximum absolute atomic E-state index is 13.1. The summed E-state index contributed by atoms with van der Waals surface area (Å²) in [6, 6.07) is 12.9. The van der Waals surface area contributed by atoms with Crippen LogP contribution in [-0.2, 0) is 0 Å². The predicted molar refractivity (Wildman–Crippen MR) is 102 cm³/mol. The van der Waals surface area contributed by atoms with Crippen LogP contribution in [0.2, 0.25) is 0 Å². The van der Waals surface area contributed by atoms with Crippen LogP contribution in [0.1, 0.15) is 37.4 Å². The molecular formula is C22H24N2O2. The summed E-state index contributed by atoms with van der Waals surface area (Å²) in [4.78, 5) is 28.1. The lowest BCUT2D eigenvalue weighted by molar-refractivity contribution is 0.0777. The van der Waals surface area contributed by atoms with Gasteiger partial charge in [-0.1, -0.05) is 30.3 Å². The number of hydrogen-bond acceptors (Lipinski definition) is 3. The molecule has 2 saturated heterocycles. The highest BCUT2D eigenvalue weighted by Gasteiger charge is 2.38. The zero-order valence-electron chi connectivity index (χ0n) is 15.3. The number of aryl methyl sites for hydroxylation is 2. The summed E-state index contributed by atoms with van der Waals surface area (Å²) in [5.74, 6) is 0.980. The fourth-order valence-electron chi connectivity index (χ4n) is 4.10. The molecule has 0 radical (unpaired) electrons. The third-order valence-corrected chi connectivity index (χ3v) is 5.85. The summed E-state index contributed by atoms with van der Waals surface area (Å²) in [6.45, 7) is 7.56. The van der Waals surface area contributed by atoms with Crippen molar-refractivity contribution in [2.24, 2.45) is 11.8 Å². The fourth-order valence-corrected chi connectivity index (χ4v) is 4.10. The molecule has 2 aliphatic rings. The number of nitrogens with zero attached hydrogens (tertiary/aromatic N) is 1. The van der Waals surface area contributed by atoms with Gasteiger partial charge >= 0.3 is 0 Å². The van der Waals surface area contributed by atoms with E-state index in [2.05, 4.69) is 5.32 Å². The van der Waals surface area contributed by atoms with E-state index in [1.807, 2.05) is 49.1 Å². The van der Waals surface area contributed by atoms with Gasteiger partial charge in [0.25, 0.3) is 5.91 Å². The number of benzene rings is 2. The van der Waals surface area contributed by atoms with Crippen molar-refractivity contribution in [3.05, 3.63) is 70.3 Å². The molecule has 2 atom stereocenters. The molecule has 0 aromatic heterocycles. The highest BCUT2D eigenvalue weighted by molar-refractivity contribution is 6.15. The summed E-state index contributed by atoms with van der Waals surface area (Å²) >= 11 is 0. The van der Waals surface area contributed by atoms with E-state index in [-0.39, 0.29) is 11.7 Å². The van der Waals surface area contributed by atoms with Gasteiger partial charge in [-0.2, -0.15) is 0 Å². The molecule has 2 aromatic carbocycles. The van der Waals surface area contributed by atoms with E-state index in [9.17, 15) is 9.59 Å². The van der Waals surface area contributed by atoms with Crippen LogP contribution in [0.4, 0.5) is 0 Å². The van der Waals surface area contributed by atoms with Gasteiger partial charge in [0, 0.05) is 37.3 Å². The summed E-state index contributed by atoms with van der Waals surface area (Å²) in [5.41, 5.74) is 3.89. The lowest BCUT2D eigenvalue weighted by Crippen LogP contribution is -2.32. The van der Waals surface area contributed by atoms with Crippen LogP contribution in [0, 0.1) is 25.7 Å². The van der Waals surface area contributed by atoms with Gasteiger partial charge in [-0.15, -0.1) is 0 Å². The first-order valence-corrected chi connectivity index (χ1v) is 9.25. The zero-order valence-corrected chi connectivity index (χ0v) is 15.3. The molecule has 4 nitrogen and oxygen atoms in total. The Morgan fingerprint density at radius 1 is 0.923 bits per heavy atom. The van der Waals surface area contributed by atoms with E-state index < -0.39 is 0 Å². The first-order chi connectivity index (χ1) is 12.5. The second-order valence-electron chi connectivity index (χ2n) is 7.56. The standard InChI is InChI=1S/C22H24N2O2/c1-14-7-8-16(9-15(14)2)21(25)19-5-3-4-6-20(19)22(26)24-12-17-10-23-11-18(17)13-24/h3-9,17-18,23H,10-13H2,1-2H3/t17-,18+. The minimum absolute atomic E-state index is 0.0211. The van der Waals surface area contributed by atoms with Crippen LogP contribution < -0.4 is 5.32 Å². The van der Waals surface area contributed by atoms with Gasteiger partial charge in [0.2, 0.25) is 0 Å². The number of likely N-dealkylation sites (tertiary alicyclic amines) is 1. The quantitative estimate of drug-likeness (QED) is 0.868. The van der Waals surface area contributed by atoms with Crippen molar-refractivity contribution in [3.63, 3.8) is 0 Å². The molecule has 1 N–H and O–H groups in total. The number of ketones is 1. The van der Waals surface area contributed by atoms with Crippen LogP contribution >= 0.6 is 0 Å². The van der Waals surface area contributed by atoms with E-state index in [4.69, 9.17) is 0 Å². The van der Waals surface area contributed by atoms with E-state index in [1.54, 1.807) is 12.1 Å². The summed E-state index contributed by atoms with van der Waals surface area (Å²) in [7, 11) is 0. The monoisotopic (exact) mass is 348 g/mol. The zero-order chi connectivity index (χ0) is 18.3. The van der Waals surface area contributed by atoms with Crippen LogP contribution in [0.15, 0.2) is 42.5 Å². The lowest BCUT2D eigenvalue weighted by atomic mass is 9.95. The molecule has 2 heterocycles. The van der Waals surface area contributed by atoms with Gasteiger partial charge in [-0.05, 0) is 48.9 Å². The van der Waals surface area contributed by atoms with Gasteiger partial charge in [-0.25, -0.2) is 0 Å². The van der Waals surface area contributed by atoms with Crippen molar-refractivity contribution >= 4 is 11.7 Å².